The zero-order valence-electron chi connectivity index (χ0n) is 23.9. The molecule has 2 aromatic carbocycles. The predicted molar refractivity (Wildman–Crippen MR) is 154 cm³/mol. The van der Waals surface area contributed by atoms with Gasteiger partial charge in [0.25, 0.3) is 0 Å². The Kier molecular flexibility index (Phi) is 9.84. The number of hydrogen-bond acceptors (Lipinski definition) is 5. The molecule has 1 amide bonds. The molecule has 2 fully saturated rings. The van der Waals surface area contributed by atoms with E-state index >= 15 is 0 Å². The van der Waals surface area contributed by atoms with Crippen molar-refractivity contribution in [1.29, 1.82) is 0 Å². The van der Waals surface area contributed by atoms with Crippen molar-refractivity contribution in [2.75, 3.05) is 42.1 Å². The van der Waals surface area contributed by atoms with Crippen LogP contribution in [0.25, 0.3) is 0 Å². The highest BCUT2D eigenvalue weighted by Crippen LogP contribution is 2.40. The van der Waals surface area contributed by atoms with Crippen molar-refractivity contribution in [2.24, 2.45) is 0 Å². The van der Waals surface area contributed by atoms with Crippen LogP contribution in [-0.2, 0) is 16.4 Å². The van der Waals surface area contributed by atoms with Crippen molar-refractivity contribution >= 4 is 29.0 Å². The highest BCUT2D eigenvalue weighted by atomic mass is 32.2. The highest BCUT2D eigenvalue weighted by Gasteiger charge is 2.39. The van der Waals surface area contributed by atoms with Crippen LogP contribution in [0, 0.1) is 0 Å². The number of ether oxygens (including phenoxy) is 1. The second-order valence-electron chi connectivity index (χ2n) is 11.9. The third-order valence-electron chi connectivity index (χ3n) is 7.73. The van der Waals surface area contributed by atoms with Gasteiger partial charge in [0.1, 0.15) is 5.75 Å². The molecule has 1 aliphatic carbocycles. The van der Waals surface area contributed by atoms with Gasteiger partial charge in [-0.25, -0.2) is 0 Å². The predicted octanol–water partition coefficient (Wildman–Crippen LogP) is 7.71. The average Bonchev–Trinajstić information content (AvgIpc) is 2.91. The van der Waals surface area contributed by atoms with E-state index in [9.17, 15) is 31.1 Å². The van der Waals surface area contributed by atoms with Crippen molar-refractivity contribution in [3.8, 4) is 5.75 Å². The number of halogens is 6. The largest absolute Gasteiger partial charge is 0.573 e. The molecular formula is C30H37F6N3O2S. The molecule has 0 spiro atoms. The minimum absolute atomic E-state index is 0.0902. The van der Waals surface area contributed by atoms with Crippen LogP contribution in [0.5, 0.6) is 5.75 Å². The van der Waals surface area contributed by atoms with Crippen molar-refractivity contribution in [3.63, 3.8) is 0 Å². The number of nitrogens with zero attached hydrogens (tertiary/aromatic N) is 2. The molecule has 0 atom stereocenters. The Morgan fingerprint density at radius 1 is 0.905 bits per heavy atom. The summed E-state index contributed by atoms with van der Waals surface area (Å²) < 4.78 is 81.2. The van der Waals surface area contributed by atoms with Gasteiger partial charge >= 0.3 is 12.5 Å². The lowest BCUT2D eigenvalue weighted by Crippen LogP contribution is -2.49. The van der Waals surface area contributed by atoms with Gasteiger partial charge in [-0.1, -0.05) is 32.9 Å². The third kappa shape index (κ3) is 8.87. The van der Waals surface area contributed by atoms with E-state index in [0.29, 0.717) is 43.8 Å². The lowest BCUT2D eigenvalue weighted by molar-refractivity contribution is -0.276. The maximum atomic E-state index is 13.4. The van der Waals surface area contributed by atoms with Gasteiger partial charge < -0.3 is 19.9 Å². The summed E-state index contributed by atoms with van der Waals surface area (Å²) >= 11 is 1.62. The van der Waals surface area contributed by atoms with E-state index < -0.39 is 23.9 Å². The first-order valence-electron chi connectivity index (χ1n) is 14.1. The molecule has 1 heterocycles. The molecule has 1 saturated heterocycles. The molecule has 12 heteroatoms. The van der Waals surface area contributed by atoms with Crippen molar-refractivity contribution < 1.29 is 35.9 Å². The van der Waals surface area contributed by atoms with Gasteiger partial charge in [-0.3, -0.25) is 4.79 Å². The molecule has 2 aromatic rings. The number of amides is 1. The van der Waals surface area contributed by atoms with Gasteiger partial charge in [-0.05, 0) is 67.0 Å². The number of carbonyl (C=O) groups is 1. The Morgan fingerprint density at radius 3 is 2.07 bits per heavy atom. The average molecular weight is 618 g/mol. The van der Waals surface area contributed by atoms with Gasteiger partial charge in [0, 0.05) is 48.8 Å². The summed E-state index contributed by atoms with van der Waals surface area (Å²) in [5.41, 5.74) is 1.16. The summed E-state index contributed by atoms with van der Waals surface area (Å²) in [5, 5.41) is 3.29. The second-order valence-corrected chi connectivity index (χ2v) is 13.1. The summed E-state index contributed by atoms with van der Waals surface area (Å²) in [6.07, 6.45) is -7.28. The second kappa shape index (κ2) is 12.9. The first-order valence-corrected chi connectivity index (χ1v) is 15.1. The van der Waals surface area contributed by atoms with E-state index in [1.165, 1.54) is 5.56 Å². The summed E-state index contributed by atoms with van der Waals surface area (Å²) in [4.78, 5) is 17.1. The van der Waals surface area contributed by atoms with Crippen LogP contribution >= 0.6 is 11.8 Å². The smallest absolute Gasteiger partial charge is 0.405 e. The topological polar surface area (TPSA) is 44.8 Å². The normalized spacial score (nSPS) is 20.4. The minimum Gasteiger partial charge on any atom is -0.405 e. The number of carbonyl (C=O) groups excluding carboxylic acids is 1. The Morgan fingerprint density at radius 2 is 1.52 bits per heavy atom. The maximum Gasteiger partial charge on any atom is 0.573 e. The van der Waals surface area contributed by atoms with Gasteiger partial charge in [0.2, 0.25) is 5.91 Å². The van der Waals surface area contributed by atoms with Crippen molar-refractivity contribution in [3.05, 3.63) is 53.6 Å². The zero-order valence-corrected chi connectivity index (χ0v) is 24.8. The van der Waals surface area contributed by atoms with Crippen LogP contribution in [0.2, 0.25) is 0 Å². The van der Waals surface area contributed by atoms with Gasteiger partial charge in [-0.2, -0.15) is 13.2 Å². The molecule has 5 nitrogen and oxygen atoms in total. The zero-order chi connectivity index (χ0) is 30.7. The van der Waals surface area contributed by atoms with Crippen LogP contribution in [0.4, 0.5) is 37.7 Å². The fraction of sp³-hybridized carbons (Fsp3) is 0.567. The lowest BCUT2D eigenvalue weighted by Gasteiger charge is -2.36. The molecule has 0 radical (unpaired) electrons. The molecule has 232 valence electrons. The summed E-state index contributed by atoms with van der Waals surface area (Å²) in [6.45, 7) is 9.46. The fourth-order valence-corrected chi connectivity index (χ4v) is 6.50. The fourth-order valence-electron chi connectivity index (χ4n) is 5.33. The number of benzene rings is 2. The first kappa shape index (κ1) is 32.2. The molecule has 42 heavy (non-hydrogen) atoms. The van der Waals surface area contributed by atoms with E-state index in [1.807, 2.05) is 4.90 Å². The summed E-state index contributed by atoms with van der Waals surface area (Å²) in [7, 11) is 0. The van der Waals surface area contributed by atoms with Crippen molar-refractivity contribution in [1.82, 2.24) is 4.90 Å². The summed E-state index contributed by atoms with van der Waals surface area (Å²) in [5.74, 6) is -0.774. The van der Waals surface area contributed by atoms with E-state index in [4.69, 9.17) is 0 Å². The molecular weight excluding hydrogens is 580 g/mol. The monoisotopic (exact) mass is 617 g/mol. The van der Waals surface area contributed by atoms with E-state index in [0.717, 1.165) is 37.7 Å². The lowest BCUT2D eigenvalue weighted by atomic mass is 9.87. The van der Waals surface area contributed by atoms with Gasteiger partial charge in [-0.15, -0.1) is 24.9 Å². The Balaban J connectivity index is 1.20. The van der Waals surface area contributed by atoms with E-state index in [-0.39, 0.29) is 28.3 Å². The highest BCUT2D eigenvalue weighted by molar-refractivity contribution is 8.00. The molecule has 0 aromatic heterocycles. The van der Waals surface area contributed by atoms with Crippen LogP contribution in [0.1, 0.15) is 57.6 Å². The van der Waals surface area contributed by atoms with Crippen LogP contribution in [-0.4, -0.2) is 60.4 Å². The molecule has 4 rings (SSSR count). The first-order chi connectivity index (χ1) is 19.6. The minimum atomic E-state index is -5.22. The van der Waals surface area contributed by atoms with Crippen LogP contribution in [0.15, 0.2) is 42.5 Å². The molecule has 0 bridgehead atoms. The Hall–Kier alpha value is -2.76. The Bertz CT molecular complexity index is 1200. The Labute approximate surface area is 247 Å². The maximum absolute atomic E-state index is 13.4. The van der Waals surface area contributed by atoms with Gasteiger partial charge in [0.15, 0.2) is 0 Å². The number of alkyl halides is 6. The van der Waals surface area contributed by atoms with Crippen molar-refractivity contribution in [2.45, 2.75) is 75.7 Å². The van der Waals surface area contributed by atoms with Crippen LogP contribution < -0.4 is 15.0 Å². The summed E-state index contributed by atoms with van der Waals surface area (Å²) in [6, 6.07) is 11.0. The van der Waals surface area contributed by atoms with E-state index in [1.54, 1.807) is 11.8 Å². The number of thioether (sulfide) groups is 1. The van der Waals surface area contributed by atoms with E-state index in [2.05, 4.69) is 60.0 Å². The molecule has 1 saturated carbocycles. The number of rotatable bonds is 7. The third-order valence-corrected chi connectivity index (χ3v) is 9.09. The van der Waals surface area contributed by atoms with Gasteiger partial charge in [0.05, 0.1) is 11.3 Å². The molecule has 1 aliphatic heterocycles. The molecule has 0 unspecified atom stereocenters. The molecule has 2 aliphatic rings. The number of nitrogens with one attached hydrogen (secondary N) is 1. The number of piperazine rings is 1. The standard InChI is InChI=1S/C30H37F6N3O2S/c1-28(2,3)20-4-9-23(10-5-20)38-14-16-39(17-15-38)27(40)19-42-24-11-6-21(7-12-24)37-22-8-13-26(41-30(34,35)36)25(18-22)29(31,32)33/h4-5,8-10,13,18,21,24,37H,6-7,11-12,14-17,19H2,1-3H3. The SMILES string of the molecule is CC(C)(C)c1ccc(N2CCN(C(=O)CSC3CCC(Nc4ccc(OC(F)(F)F)c(C(F)(F)F)c4)CC3)CC2)cc1. The molecule has 1 N–H and O–H groups in total. The quantitative estimate of drug-likeness (QED) is 0.323. The number of hydrogen-bond donors (Lipinski definition) is 1. The number of anilines is 2. The van der Waals surface area contributed by atoms with Crippen LogP contribution in [0.3, 0.4) is 0 Å².